The number of hydrogen-bond donors (Lipinski definition) is 1. The summed E-state index contributed by atoms with van der Waals surface area (Å²) in [7, 11) is -4.00. The van der Waals surface area contributed by atoms with Crippen molar-refractivity contribution in [1.29, 1.82) is 0 Å². The van der Waals surface area contributed by atoms with Crippen molar-refractivity contribution >= 4 is 27.0 Å². The number of aromatic nitrogens is 1. The monoisotopic (exact) mass is 331 g/mol. The van der Waals surface area contributed by atoms with E-state index in [9.17, 15) is 22.9 Å². The molecule has 1 atom stereocenters. The number of nitrogens with one attached hydrogen (secondary N) is 1. The zero-order chi connectivity index (χ0) is 15.6. The molecule has 0 fully saturated rings. The quantitative estimate of drug-likeness (QED) is 0.668. The van der Waals surface area contributed by atoms with Crippen molar-refractivity contribution < 1.29 is 17.7 Å². The van der Waals surface area contributed by atoms with Gasteiger partial charge in [-0.2, -0.15) is 4.39 Å². The van der Waals surface area contributed by atoms with Gasteiger partial charge in [-0.1, -0.05) is 0 Å². The minimum atomic E-state index is -4.00. The lowest BCUT2D eigenvalue weighted by atomic mass is 10.3. The molecule has 0 saturated carbocycles. The number of nitro groups is 1. The van der Waals surface area contributed by atoms with E-state index in [1.165, 1.54) is 17.5 Å². The van der Waals surface area contributed by atoms with E-state index in [4.69, 9.17) is 0 Å². The van der Waals surface area contributed by atoms with Gasteiger partial charge in [0.25, 0.3) is 0 Å². The van der Waals surface area contributed by atoms with Crippen LogP contribution in [0.3, 0.4) is 0 Å². The highest BCUT2D eigenvalue weighted by atomic mass is 32.2. The maximum atomic E-state index is 13.5. The van der Waals surface area contributed by atoms with Crippen LogP contribution in [0.4, 0.5) is 10.1 Å². The van der Waals surface area contributed by atoms with Crippen LogP contribution in [0.2, 0.25) is 0 Å². The lowest BCUT2D eigenvalue weighted by Crippen LogP contribution is -2.27. The molecule has 10 heteroatoms. The van der Waals surface area contributed by atoms with Gasteiger partial charge in [-0.15, -0.1) is 11.3 Å². The highest BCUT2D eigenvalue weighted by Crippen LogP contribution is 2.23. The molecule has 2 rings (SSSR count). The molecule has 1 aromatic carbocycles. The number of hydrogen-bond acceptors (Lipinski definition) is 6. The third kappa shape index (κ3) is 3.40. The van der Waals surface area contributed by atoms with Gasteiger partial charge in [0.1, 0.15) is 5.01 Å². The molecular weight excluding hydrogens is 321 g/mol. The molecule has 0 aliphatic heterocycles. The maximum Gasteiger partial charge on any atom is 0.304 e. The zero-order valence-electron chi connectivity index (χ0n) is 10.7. The number of halogens is 1. The van der Waals surface area contributed by atoms with Crippen LogP contribution in [0.25, 0.3) is 0 Å². The van der Waals surface area contributed by atoms with Crippen molar-refractivity contribution in [3.05, 3.63) is 50.7 Å². The average molecular weight is 331 g/mol. The minimum absolute atomic E-state index is 0.381. The highest BCUT2D eigenvalue weighted by molar-refractivity contribution is 7.89. The van der Waals surface area contributed by atoms with E-state index in [2.05, 4.69) is 9.71 Å². The van der Waals surface area contributed by atoms with Crippen LogP contribution in [0, 0.1) is 15.9 Å². The van der Waals surface area contributed by atoms with Gasteiger partial charge in [0, 0.05) is 23.7 Å². The third-order valence-corrected chi connectivity index (χ3v) is 5.08. The summed E-state index contributed by atoms with van der Waals surface area (Å²) in [5.74, 6) is -1.20. The lowest BCUT2D eigenvalue weighted by Gasteiger charge is -2.11. The first-order valence-electron chi connectivity index (χ1n) is 5.67. The zero-order valence-corrected chi connectivity index (χ0v) is 12.3. The molecule has 0 spiro atoms. The molecule has 1 N–H and O–H groups in total. The summed E-state index contributed by atoms with van der Waals surface area (Å²) >= 11 is 1.27. The Balaban J connectivity index is 2.28. The number of nitrogens with zero attached hydrogens (tertiary/aromatic N) is 2. The summed E-state index contributed by atoms with van der Waals surface area (Å²) in [4.78, 5) is 13.2. The molecule has 1 heterocycles. The van der Waals surface area contributed by atoms with Gasteiger partial charge in [0.05, 0.1) is 15.9 Å². The molecule has 2 aromatic rings. The van der Waals surface area contributed by atoms with E-state index in [1.54, 1.807) is 12.3 Å². The van der Waals surface area contributed by atoms with E-state index >= 15 is 0 Å². The molecule has 0 aliphatic carbocycles. The van der Waals surface area contributed by atoms with Crippen molar-refractivity contribution in [3.8, 4) is 0 Å². The third-order valence-electron chi connectivity index (χ3n) is 2.58. The van der Waals surface area contributed by atoms with Gasteiger partial charge in [0.2, 0.25) is 15.8 Å². The molecule has 0 radical (unpaired) electrons. The van der Waals surface area contributed by atoms with Gasteiger partial charge in [-0.05, 0) is 13.0 Å². The molecule has 0 amide bonds. The van der Waals surface area contributed by atoms with E-state index in [1.807, 2.05) is 0 Å². The van der Waals surface area contributed by atoms with Crippen molar-refractivity contribution in [2.24, 2.45) is 0 Å². The summed E-state index contributed by atoms with van der Waals surface area (Å²) in [6.07, 6.45) is 1.54. The van der Waals surface area contributed by atoms with Crippen LogP contribution in [0.1, 0.15) is 18.0 Å². The highest BCUT2D eigenvalue weighted by Gasteiger charge is 2.23. The molecule has 21 heavy (non-hydrogen) atoms. The first-order valence-corrected chi connectivity index (χ1v) is 8.03. The van der Waals surface area contributed by atoms with Crippen LogP contribution in [0.15, 0.2) is 34.7 Å². The Morgan fingerprint density at radius 2 is 2.19 bits per heavy atom. The average Bonchev–Trinajstić information content (AvgIpc) is 2.91. The molecule has 1 unspecified atom stereocenters. The van der Waals surface area contributed by atoms with E-state index in [-0.39, 0.29) is 4.90 Å². The first kappa shape index (κ1) is 15.5. The van der Waals surface area contributed by atoms with Crippen molar-refractivity contribution in [2.45, 2.75) is 17.9 Å². The Bertz CT molecular complexity index is 762. The summed E-state index contributed by atoms with van der Waals surface area (Å²) in [5, 5.41) is 12.8. The Kier molecular flexibility index (Phi) is 4.30. The number of thiazole rings is 1. The summed E-state index contributed by atoms with van der Waals surface area (Å²) in [5.41, 5.74) is -0.776. The molecular formula is C11H10FN3O4S2. The SMILES string of the molecule is CC(NS(=O)(=O)c1ccc([N+](=O)[O-])c(F)c1)c1nccs1. The fraction of sp³-hybridized carbons (Fsp3) is 0.182. The molecule has 7 nitrogen and oxygen atoms in total. The van der Waals surface area contributed by atoms with Crippen molar-refractivity contribution in [1.82, 2.24) is 9.71 Å². The molecule has 0 aliphatic rings. The number of sulfonamides is 1. The summed E-state index contributed by atoms with van der Waals surface area (Å²) in [6.45, 7) is 1.60. The van der Waals surface area contributed by atoms with Gasteiger partial charge in [-0.3, -0.25) is 10.1 Å². The van der Waals surface area contributed by atoms with Crippen LogP contribution >= 0.6 is 11.3 Å². The fourth-order valence-electron chi connectivity index (χ4n) is 1.60. The summed E-state index contributed by atoms with van der Waals surface area (Å²) < 4.78 is 40.0. The second kappa shape index (κ2) is 5.84. The van der Waals surface area contributed by atoms with Crippen LogP contribution in [-0.2, 0) is 10.0 Å². The van der Waals surface area contributed by atoms with Crippen LogP contribution in [-0.4, -0.2) is 18.3 Å². The first-order chi connectivity index (χ1) is 9.81. The molecule has 112 valence electrons. The second-order valence-electron chi connectivity index (χ2n) is 4.08. The molecule has 0 bridgehead atoms. The fourth-order valence-corrected chi connectivity index (χ4v) is 3.54. The normalized spacial score (nSPS) is 13.0. The van der Waals surface area contributed by atoms with E-state index in [0.29, 0.717) is 11.1 Å². The standard InChI is InChI=1S/C11H10FN3O4S2/c1-7(11-13-4-5-20-11)14-21(18,19)8-2-3-10(15(16)17)9(12)6-8/h2-7,14H,1H3. The Morgan fingerprint density at radius 3 is 2.71 bits per heavy atom. The topological polar surface area (TPSA) is 102 Å². The predicted octanol–water partition coefficient (Wildman–Crippen LogP) is 2.23. The molecule has 0 saturated heterocycles. The van der Waals surface area contributed by atoms with Crippen LogP contribution in [0.5, 0.6) is 0 Å². The summed E-state index contributed by atoms with van der Waals surface area (Å²) in [6, 6.07) is 1.83. The number of benzene rings is 1. The van der Waals surface area contributed by atoms with E-state index < -0.39 is 32.5 Å². The smallest absolute Gasteiger partial charge is 0.258 e. The largest absolute Gasteiger partial charge is 0.304 e. The number of nitro benzene ring substituents is 1. The van der Waals surface area contributed by atoms with Crippen molar-refractivity contribution in [2.75, 3.05) is 0 Å². The minimum Gasteiger partial charge on any atom is -0.258 e. The second-order valence-corrected chi connectivity index (χ2v) is 6.72. The van der Waals surface area contributed by atoms with Gasteiger partial charge >= 0.3 is 5.69 Å². The Morgan fingerprint density at radius 1 is 1.48 bits per heavy atom. The van der Waals surface area contributed by atoms with Crippen LogP contribution < -0.4 is 4.72 Å². The van der Waals surface area contributed by atoms with Gasteiger partial charge in [-0.25, -0.2) is 18.1 Å². The molecule has 1 aromatic heterocycles. The maximum absolute atomic E-state index is 13.5. The number of rotatable bonds is 5. The van der Waals surface area contributed by atoms with Gasteiger partial charge in [0.15, 0.2) is 0 Å². The van der Waals surface area contributed by atoms with E-state index in [0.717, 1.165) is 12.1 Å². The lowest BCUT2D eigenvalue weighted by molar-refractivity contribution is -0.387. The Labute approximate surface area is 123 Å². The predicted molar refractivity (Wildman–Crippen MR) is 73.9 cm³/mol. The van der Waals surface area contributed by atoms with Gasteiger partial charge < -0.3 is 0 Å². The Hall–Kier alpha value is -1.91. The van der Waals surface area contributed by atoms with Crippen molar-refractivity contribution in [3.63, 3.8) is 0 Å².